The normalized spacial score (nSPS) is 8.78. The maximum Gasteiger partial charge on any atom is 0.260 e. The maximum atomic E-state index is 11.6. The van der Waals surface area contributed by atoms with Crippen molar-refractivity contribution in [2.24, 2.45) is 0 Å². The zero-order chi connectivity index (χ0) is 11.8. The van der Waals surface area contributed by atoms with E-state index in [1.54, 1.807) is 36.5 Å². The molecule has 0 aromatic carbocycles. The highest BCUT2D eigenvalue weighted by atomic mass is 35.5. The van der Waals surface area contributed by atoms with Gasteiger partial charge in [0.05, 0.1) is 6.20 Å². The van der Waals surface area contributed by atoms with Crippen LogP contribution in [-0.2, 0) is 4.79 Å². The smallest absolute Gasteiger partial charge is 0.260 e. The van der Waals surface area contributed by atoms with Crippen LogP contribution in [0.5, 0.6) is 5.75 Å². The van der Waals surface area contributed by atoms with Crippen molar-refractivity contribution >= 4 is 30.7 Å². The molecule has 1 aromatic rings. The van der Waals surface area contributed by atoms with Crippen molar-refractivity contribution in [3.63, 3.8) is 0 Å². The SMILES string of the molecule is CNCCN(C)C(=O)COc1cccnc1.Cl.Cl. The summed E-state index contributed by atoms with van der Waals surface area (Å²) in [5.41, 5.74) is 0. The van der Waals surface area contributed by atoms with Crippen LogP contribution in [0.1, 0.15) is 0 Å². The lowest BCUT2D eigenvalue weighted by Crippen LogP contribution is -2.35. The first-order valence-electron chi connectivity index (χ1n) is 5.15. The lowest BCUT2D eigenvalue weighted by atomic mass is 10.4. The topological polar surface area (TPSA) is 54.5 Å². The standard InChI is InChI=1S/C11H17N3O2.2ClH/c1-12-6-7-14(2)11(15)9-16-10-4-3-5-13-8-10;;/h3-5,8,12H,6-7,9H2,1-2H3;2*1H. The van der Waals surface area contributed by atoms with E-state index in [0.717, 1.165) is 6.54 Å². The summed E-state index contributed by atoms with van der Waals surface area (Å²) in [5, 5.41) is 2.98. The van der Waals surface area contributed by atoms with E-state index >= 15 is 0 Å². The third-order valence-electron chi connectivity index (χ3n) is 2.12. The first-order valence-corrected chi connectivity index (χ1v) is 5.15. The third kappa shape index (κ3) is 7.32. The number of hydrogen-bond acceptors (Lipinski definition) is 4. The number of likely N-dealkylation sites (N-methyl/N-ethyl adjacent to an activating group) is 2. The fourth-order valence-corrected chi connectivity index (χ4v) is 1.09. The Labute approximate surface area is 120 Å². The molecule has 0 bridgehead atoms. The Hall–Kier alpha value is -1.04. The summed E-state index contributed by atoms with van der Waals surface area (Å²) >= 11 is 0. The predicted molar refractivity (Wildman–Crippen MR) is 75.8 cm³/mol. The summed E-state index contributed by atoms with van der Waals surface area (Å²) in [4.78, 5) is 17.1. The number of aromatic nitrogens is 1. The molecule has 0 radical (unpaired) electrons. The third-order valence-corrected chi connectivity index (χ3v) is 2.12. The van der Waals surface area contributed by atoms with Gasteiger partial charge in [-0.05, 0) is 19.2 Å². The van der Waals surface area contributed by atoms with Crippen LogP contribution in [-0.4, -0.2) is 49.6 Å². The summed E-state index contributed by atoms with van der Waals surface area (Å²) in [7, 11) is 3.61. The Balaban J connectivity index is 0. The largest absolute Gasteiger partial charge is 0.482 e. The van der Waals surface area contributed by atoms with Gasteiger partial charge in [-0.25, -0.2) is 0 Å². The molecule has 104 valence electrons. The van der Waals surface area contributed by atoms with Gasteiger partial charge in [-0.15, -0.1) is 24.8 Å². The number of hydrogen-bond donors (Lipinski definition) is 1. The van der Waals surface area contributed by atoms with Crippen molar-refractivity contribution in [2.75, 3.05) is 33.8 Å². The minimum Gasteiger partial charge on any atom is -0.482 e. The predicted octanol–water partition coefficient (Wildman–Crippen LogP) is 0.982. The van der Waals surface area contributed by atoms with Crippen molar-refractivity contribution in [2.45, 2.75) is 0 Å². The highest BCUT2D eigenvalue weighted by Crippen LogP contribution is 2.05. The number of halogens is 2. The minimum atomic E-state index is -0.0425. The van der Waals surface area contributed by atoms with Gasteiger partial charge in [-0.2, -0.15) is 0 Å². The van der Waals surface area contributed by atoms with Gasteiger partial charge < -0.3 is 15.0 Å². The molecule has 7 heteroatoms. The van der Waals surface area contributed by atoms with E-state index in [0.29, 0.717) is 12.3 Å². The highest BCUT2D eigenvalue weighted by Gasteiger charge is 2.08. The van der Waals surface area contributed by atoms with E-state index in [1.165, 1.54) is 0 Å². The zero-order valence-electron chi connectivity index (χ0n) is 10.5. The lowest BCUT2D eigenvalue weighted by molar-refractivity contribution is -0.131. The van der Waals surface area contributed by atoms with Gasteiger partial charge in [0.1, 0.15) is 5.75 Å². The van der Waals surface area contributed by atoms with Gasteiger partial charge in [-0.3, -0.25) is 9.78 Å². The Morgan fingerprint density at radius 2 is 2.22 bits per heavy atom. The summed E-state index contributed by atoms with van der Waals surface area (Å²) in [6, 6.07) is 3.54. The van der Waals surface area contributed by atoms with E-state index < -0.39 is 0 Å². The molecule has 1 heterocycles. The van der Waals surface area contributed by atoms with E-state index in [1.807, 2.05) is 7.05 Å². The van der Waals surface area contributed by atoms with E-state index in [9.17, 15) is 4.79 Å². The highest BCUT2D eigenvalue weighted by molar-refractivity contribution is 5.85. The molecule has 1 aromatic heterocycles. The first-order chi connectivity index (χ1) is 7.74. The Morgan fingerprint density at radius 3 is 2.78 bits per heavy atom. The molecular formula is C11H19Cl2N3O2. The number of pyridine rings is 1. The van der Waals surface area contributed by atoms with Crippen LogP contribution in [0.4, 0.5) is 0 Å². The van der Waals surface area contributed by atoms with Crippen LogP contribution < -0.4 is 10.1 Å². The molecule has 0 saturated carbocycles. The molecule has 18 heavy (non-hydrogen) atoms. The molecule has 1 rings (SSSR count). The van der Waals surface area contributed by atoms with Crippen LogP contribution in [0.3, 0.4) is 0 Å². The number of carbonyl (C=O) groups excluding carboxylic acids is 1. The van der Waals surface area contributed by atoms with Crippen molar-refractivity contribution < 1.29 is 9.53 Å². The van der Waals surface area contributed by atoms with Crippen LogP contribution in [0.2, 0.25) is 0 Å². The summed E-state index contributed by atoms with van der Waals surface area (Å²) in [6.07, 6.45) is 3.24. The van der Waals surface area contributed by atoms with Gasteiger partial charge in [0, 0.05) is 26.3 Å². The second kappa shape index (κ2) is 11.1. The van der Waals surface area contributed by atoms with Gasteiger partial charge in [-0.1, -0.05) is 0 Å². The molecule has 5 nitrogen and oxygen atoms in total. The molecule has 0 aliphatic carbocycles. The number of amides is 1. The maximum absolute atomic E-state index is 11.6. The second-order valence-electron chi connectivity index (χ2n) is 3.40. The summed E-state index contributed by atoms with van der Waals surface area (Å²) in [5.74, 6) is 0.567. The zero-order valence-corrected chi connectivity index (χ0v) is 12.1. The van der Waals surface area contributed by atoms with Gasteiger partial charge >= 0.3 is 0 Å². The molecule has 0 fully saturated rings. The van der Waals surface area contributed by atoms with Gasteiger partial charge in [0.25, 0.3) is 5.91 Å². The fraction of sp³-hybridized carbons (Fsp3) is 0.455. The Morgan fingerprint density at radius 1 is 1.50 bits per heavy atom. The van der Waals surface area contributed by atoms with Crippen LogP contribution in [0.15, 0.2) is 24.5 Å². The number of ether oxygens (including phenoxy) is 1. The van der Waals surface area contributed by atoms with Crippen LogP contribution in [0, 0.1) is 0 Å². The molecule has 1 amide bonds. The summed E-state index contributed by atoms with van der Waals surface area (Å²) in [6.45, 7) is 1.49. The number of carbonyl (C=O) groups is 1. The van der Waals surface area contributed by atoms with Crippen molar-refractivity contribution in [3.05, 3.63) is 24.5 Å². The van der Waals surface area contributed by atoms with Gasteiger partial charge in [0.2, 0.25) is 0 Å². The molecular weight excluding hydrogens is 277 g/mol. The molecule has 0 aliphatic rings. The first kappa shape index (κ1) is 19.3. The van der Waals surface area contributed by atoms with E-state index in [4.69, 9.17) is 4.74 Å². The van der Waals surface area contributed by atoms with Crippen molar-refractivity contribution in [1.82, 2.24) is 15.2 Å². The average Bonchev–Trinajstić information content (AvgIpc) is 2.34. The quantitative estimate of drug-likeness (QED) is 0.850. The average molecular weight is 296 g/mol. The minimum absolute atomic E-state index is 0. The number of nitrogens with one attached hydrogen (secondary N) is 1. The number of rotatable bonds is 6. The Kier molecular flexibility index (Phi) is 11.9. The van der Waals surface area contributed by atoms with Crippen LogP contribution in [0.25, 0.3) is 0 Å². The Bertz CT molecular complexity index is 325. The summed E-state index contributed by atoms with van der Waals surface area (Å²) < 4.78 is 5.29. The second-order valence-corrected chi connectivity index (χ2v) is 3.40. The molecule has 0 unspecified atom stereocenters. The van der Waals surface area contributed by atoms with E-state index in [-0.39, 0.29) is 37.3 Å². The van der Waals surface area contributed by atoms with E-state index in [2.05, 4.69) is 10.3 Å². The van der Waals surface area contributed by atoms with Gasteiger partial charge in [0.15, 0.2) is 6.61 Å². The van der Waals surface area contributed by atoms with Crippen molar-refractivity contribution in [1.29, 1.82) is 0 Å². The monoisotopic (exact) mass is 295 g/mol. The van der Waals surface area contributed by atoms with Crippen molar-refractivity contribution in [3.8, 4) is 5.75 Å². The molecule has 0 spiro atoms. The molecule has 0 atom stereocenters. The molecule has 0 aliphatic heterocycles. The van der Waals surface area contributed by atoms with Crippen LogP contribution >= 0.6 is 24.8 Å². The number of nitrogens with zero attached hydrogens (tertiary/aromatic N) is 2. The molecule has 1 N–H and O–H groups in total. The fourth-order valence-electron chi connectivity index (χ4n) is 1.09. The molecule has 0 saturated heterocycles. The lowest BCUT2D eigenvalue weighted by Gasteiger charge is -2.16.